The number of aromatic nitrogens is 1. The van der Waals surface area contributed by atoms with Crippen LogP contribution in [-0.2, 0) is 0 Å². The van der Waals surface area contributed by atoms with Crippen LogP contribution in [-0.4, -0.2) is 24.2 Å². The molecule has 0 spiro atoms. The molecule has 0 saturated carbocycles. The number of nitrogens with two attached hydrogens (primary N) is 1. The molecule has 0 radical (unpaired) electrons. The monoisotopic (exact) mass is 702 g/mol. The zero-order valence-corrected chi connectivity index (χ0v) is 29.0. The van der Waals surface area contributed by atoms with Crippen molar-refractivity contribution in [2.45, 2.75) is 12.2 Å². The highest BCUT2D eigenvalue weighted by Gasteiger charge is 2.37. The standard InChI is InChI=1S/C46H37F3N4/c1-51-45(46(47,48)49)31-43(50)44-30-42(28-29-52-44)53(40-24-20-38(21-25-40)36-16-12-34(13-17-36)32-8-4-2-5-9-32)41-26-22-39(23-27-41)37-18-14-35(15-19-37)33-10-6-3-7-11-33/h2-31,45,51H,50H2,1H3/b43-31-. The molecule has 0 bridgehead atoms. The van der Waals surface area contributed by atoms with Crippen LogP contribution in [0.3, 0.4) is 0 Å². The Morgan fingerprint density at radius 1 is 0.547 bits per heavy atom. The SMILES string of the molecule is CNC(/C=C(\N)c1cc(N(c2ccc(-c3ccc(-c4ccccc4)cc3)cc2)c2ccc(-c3ccc(-c4ccccc4)cc3)cc2)ccn1)C(F)(F)F. The fourth-order valence-corrected chi connectivity index (χ4v) is 6.35. The normalized spacial score (nSPS) is 12.3. The topological polar surface area (TPSA) is 54.2 Å². The van der Waals surface area contributed by atoms with E-state index < -0.39 is 12.2 Å². The summed E-state index contributed by atoms with van der Waals surface area (Å²) >= 11 is 0. The molecule has 7 aromatic rings. The quantitative estimate of drug-likeness (QED) is 0.149. The first-order valence-corrected chi connectivity index (χ1v) is 17.3. The third-order valence-electron chi connectivity index (χ3n) is 9.21. The van der Waals surface area contributed by atoms with Crippen LogP contribution in [0, 0.1) is 0 Å². The van der Waals surface area contributed by atoms with Crippen molar-refractivity contribution in [3.8, 4) is 44.5 Å². The molecule has 1 heterocycles. The van der Waals surface area contributed by atoms with Crippen LogP contribution in [0.5, 0.6) is 0 Å². The predicted octanol–water partition coefficient (Wildman–Crippen LogP) is 11.7. The van der Waals surface area contributed by atoms with Gasteiger partial charge in [-0.1, -0.05) is 133 Å². The Morgan fingerprint density at radius 2 is 0.906 bits per heavy atom. The van der Waals surface area contributed by atoms with Gasteiger partial charge in [-0.2, -0.15) is 13.2 Å². The number of benzene rings is 6. The number of hydrogen-bond acceptors (Lipinski definition) is 4. The minimum atomic E-state index is -4.50. The molecule has 262 valence electrons. The van der Waals surface area contributed by atoms with Crippen molar-refractivity contribution in [2.75, 3.05) is 11.9 Å². The fraction of sp³-hybridized carbons (Fsp3) is 0.0652. The lowest BCUT2D eigenvalue weighted by atomic mass is 9.99. The van der Waals surface area contributed by atoms with Gasteiger partial charge in [0.05, 0.1) is 11.4 Å². The Labute approximate surface area is 307 Å². The van der Waals surface area contributed by atoms with Crippen LogP contribution >= 0.6 is 0 Å². The number of hydrogen-bond donors (Lipinski definition) is 2. The number of nitrogens with zero attached hydrogens (tertiary/aromatic N) is 2. The zero-order valence-electron chi connectivity index (χ0n) is 29.0. The molecule has 6 aromatic carbocycles. The summed E-state index contributed by atoms with van der Waals surface area (Å²) in [6.07, 6.45) is -1.99. The maximum absolute atomic E-state index is 13.6. The number of halogens is 3. The molecule has 1 aromatic heterocycles. The molecule has 0 saturated heterocycles. The molecule has 0 amide bonds. The Balaban J connectivity index is 1.22. The van der Waals surface area contributed by atoms with E-state index in [1.165, 1.54) is 7.05 Å². The smallest absolute Gasteiger partial charge is 0.397 e. The molecule has 0 aliphatic rings. The number of pyridine rings is 1. The van der Waals surface area contributed by atoms with E-state index in [0.29, 0.717) is 5.69 Å². The van der Waals surface area contributed by atoms with E-state index >= 15 is 0 Å². The molecule has 1 atom stereocenters. The van der Waals surface area contributed by atoms with Gasteiger partial charge in [0.1, 0.15) is 6.04 Å². The van der Waals surface area contributed by atoms with Gasteiger partial charge in [-0.05, 0) is 94.0 Å². The summed E-state index contributed by atoms with van der Waals surface area (Å²) in [4.78, 5) is 6.37. The summed E-state index contributed by atoms with van der Waals surface area (Å²) < 4.78 is 40.7. The third kappa shape index (κ3) is 8.06. The Hall–Kier alpha value is -6.44. The molecule has 0 aliphatic carbocycles. The Morgan fingerprint density at radius 3 is 1.26 bits per heavy atom. The van der Waals surface area contributed by atoms with Crippen molar-refractivity contribution in [1.82, 2.24) is 10.3 Å². The molecule has 53 heavy (non-hydrogen) atoms. The fourth-order valence-electron chi connectivity index (χ4n) is 6.35. The minimum Gasteiger partial charge on any atom is -0.397 e. The maximum atomic E-state index is 13.6. The largest absolute Gasteiger partial charge is 0.407 e. The van der Waals surface area contributed by atoms with Gasteiger partial charge in [-0.15, -0.1) is 0 Å². The molecule has 7 heteroatoms. The molecule has 3 N–H and O–H groups in total. The highest BCUT2D eigenvalue weighted by Crippen LogP contribution is 2.38. The average molecular weight is 703 g/mol. The van der Waals surface area contributed by atoms with Crippen LogP contribution in [0.15, 0.2) is 182 Å². The zero-order chi connectivity index (χ0) is 36.8. The van der Waals surface area contributed by atoms with Crippen LogP contribution in [0.25, 0.3) is 50.2 Å². The summed E-state index contributed by atoms with van der Waals surface area (Å²) in [5.41, 5.74) is 17.7. The van der Waals surface area contributed by atoms with Gasteiger partial charge in [0.2, 0.25) is 0 Å². The van der Waals surface area contributed by atoms with Crippen molar-refractivity contribution in [2.24, 2.45) is 5.73 Å². The van der Waals surface area contributed by atoms with E-state index in [9.17, 15) is 13.2 Å². The highest BCUT2D eigenvalue weighted by molar-refractivity contribution is 5.81. The van der Waals surface area contributed by atoms with Gasteiger partial charge in [-0.25, -0.2) is 0 Å². The van der Waals surface area contributed by atoms with Crippen LogP contribution in [0.2, 0.25) is 0 Å². The van der Waals surface area contributed by atoms with Crippen molar-refractivity contribution < 1.29 is 13.2 Å². The predicted molar refractivity (Wildman–Crippen MR) is 212 cm³/mol. The lowest BCUT2D eigenvalue weighted by Gasteiger charge is -2.26. The first-order valence-electron chi connectivity index (χ1n) is 17.3. The van der Waals surface area contributed by atoms with Crippen molar-refractivity contribution >= 4 is 22.8 Å². The minimum absolute atomic E-state index is 0.0768. The van der Waals surface area contributed by atoms with Crippen LogP contribution in [0.4, 0.5) is 30.2 Å². The Kier molecular flexibility index (Phi) is 10.2. The molecule has 0 aliphatic heterocycles. The van der Waals surface area contributed by atoms with E-state index in [1.807, 2.05) is 71.6 Å². The van der Waals surface area contributed by atoms with Gasteiger partial charge in [0.15, 0.2) is 0 Å². The number of nitrogens with one attached hydrogen (secondary N) is 1. The number of anilines is 3. The first-order chi connectivity index (χ1) is 25.8. The van der Waals surface area contributed by atoms with E-state index in [-0.39, 0.29) is 11.4 Å². The second kappa shape index (κ2) is 15.4. The van der Waals surface area contributed by atoms with Gasteiger partial charge >= 0.3 is 6.18 Å². The van der Waals surface area contributed by atoms with E-state index in [2.05, 4.69) is 107 Å². The number of alkyl halides is 3. The highest BCUT2D eigenvalue weighted by atomic mass is 19.4. The number of likely N-dealkylation sites (N-methyl/N-ethyl adjacent to an activating group) is 1. The molecule has 0 fully saturated rings. The Bertz CT molecular complexity index is 2160. The third-order valence-corrected chi connectivity index (χ3v) is 9.21. The first kappa shape index (κ1) is 35.0. The van der Waals surface area contributed by atoms with Crippen molar-refractivity contribution in [1.29, 1.82) is 0 Å². The average Bonchev–Trinajstić information content (AvgIpc) is 3.21. The summed E-state index contributed by atoms with van der Waals surface area (Å²) in [5.74, 6) is 0. The molecular weight excluding hydrogens is 666 g/mol. The van der Waals surface area contributed by atoms with Gasteiger partial charge in [0.25, 0.3) is 0 Å². The van der Waals surface area contributed by atoms with Gasteiger partial charge in [-0.3, -0.25) is 4.98 Å². The van der Waals surface area contributed by atoms with Crippen LogP contribution < -0.4 is 16.0 Å². The van der Waals surface area contributed by atoms with E-state index in [0.717, 1.165) is 62.0 Å². The molecule has 4 nitrogen and oxygen atoms in total. The molecular formula is C46H37F3N4. The van der Waals surface area contributed by atoms with E-state index in [1.54, 1.807) is 12.3 Å². The second-order valence-corrected chi connectivity index (χ2v) is 12.6. The van der Waals surface area contributed by atoms with Crippen molar-refractivity contribution in [3.05, 3.63) is 188 Å². The van der Waals surface area contributed by atoms with Crippen molar-refractivity contribution in [3.63, 3.8) is 0 Å². The maximum Gasteiger partial charge on any atom is 0.407 e. The van der Waals surface area contributed by atoms with Gasteiger partial charge in [0, 0.05) is 23.3 Å². The lowest BCUT2D eigenvalue weighted by Crippen LogP contribution is -2.38. The lowest BCUT2D eigenvalue weighted by molar-refractivity contribution is -0.143. The summed E-state index contributed by atoms with van der Waals surface area (Å²) in [6.45, 7) is 0. The van der Waals surface area contributed by atoms with Gasteiger partial charge < -0.3 is 16.0 Å². The molecule has 1 unspecified atom stereocenters. The summed E-state index contributed by atoms with van der Waals surface area (Å²) in [7, 11) is 1.25. The van der Waals surface area contributed by atoms with E-state index in [4.69, 9.17) is 5.73 Å². The summed E-state index contributed by atoms with van der Waals surface area (Å²) in [5, 5.41) is 2.27. The molecule has 7 rings (SSSR count). The summed E-state index contributed by atoms with van der Waals surface area (Å²) in [6, 6.07) is 55.5. The van der Waals surface area contributed by atoms with Crippen LogP contribution in [0.1, 0.15) is 5.69 Å². The second-order valence-electron chi connectivity index (χ2n) is 12.6. The number of rotatable bonds is 10.